The Morgan fingerprint density at radius 1 is 0.870 bits per heavy atom. The average Bonchev–Trinajstić information content (AvgIpc) is 3.69. The van der Waals surface area contributed by atoms with E-state index in [-0.39, 0.29) is 35.7 Å². The number of carbonyl (C=O) groups excluding carboxylic acids is 4. The van der Waals surface area contributed by atoms with Crippen LogP contribution in [0.4, 0.5) is 0 Å². The van der Waals surface area contributed by atoms with Crippen LogP contribution in [0.15, 0.2) is 60.8 Å². The first kappa shape index (κ1) is 33.3. The van der Waals surface area contributed by atoms with Crippen molar-refractivity contribution in [3.63, 3.8) is 0 Å². The lowest BCUT2D eigenvalue weighted by Gasteiger charge is -2.30. The Hall–Kier alpha value is -4.11. The van der Waals surface area contributed by atoms with Gasteiger partial charge >= 0.3 is 0 Å². The van der Waals surface area contributed by atoms with Crippen LogP contribution in [0.3, 0.4) is 0 Å². The predicted molar refractivity (Wildman–Crippen MR) is 177 cm³/mol. The number of aromatic nitrogens is 2. The second kappa shape index (κ2) is 15.9. The van der Waals surface area contributed by atoms with E-state index in [0.29, 0.717) is 25.0 Å². The molecule has 2 aliphatic rings. The Morgan fingerprint density at radius 3 is 2.17 bits per heavy atom. The summed E-state index contributed by atoms with van der Waals surface area (Å²) >= 11 is 0. The Morgan fingerprint density at radius 2 is 1.54 bits per heavy atom. The lowest BCUT2D eigenvalue weighted by Crippen LogP contribution is -2.47. The zero-order valence-corrected chi connectivity index (χ0v) is 27.2. The number of benzene rings is 2. The minimum absolute atomic E-state index is 0.000435. The number of Topliss-reactive ketones (excluding diaryl/α,β-unsaturated/α-hetero) is 2. The zero-order valence-electron chi connectivity index (χ0n) is 27.2. The summed E-state index contributed by atoms with van der Waals surface area (Å²) < 4.78 is 1.52. The van der Waals surface area contributed by atoms with E-state index in [0.717, 1.165) is 69.3 Å². The Balaban J connectivity index is 1.17. The third kappa shape index (κ3) is 8.78. The predicted octanol–water partition coefficient (Wildman–Crippen LogP) is 4.71. The highest BCUT2D eigenvalue weighted by Gasteiger charge is 2.31. The molecule has 9 nitrogen and oxygen atoms in total. The number of fused-ring (bicyclic) bond motifs is 1. The summed E-state index contributed by atoms with van der Waals surface area (Å²) in [4.78, 5) is 54.7. The molecule has 2 N–H and O–H groups in total. The molecule has 3 aromatic rings. The molecule has 0 spiro atoms. The van der Waals surface area contributed by atoms with Crippen LogP contribution in [-0.4, -0.2) is 56.7 Å². The summed E-state index contributed by atoms with van der Waals surface area (Å²) in [6, 6.07) is 16.7. The molecule has 0 radical (unpaired) electrons. The van der Waals surface area contributed by atoms with E-state index in [2.05, 4.69) is 44.9 Å². The van der Waals surface area contributed by atoms with Gasteiger partial charge in [-0.15, -0.1) is 0 Å². The molecule has 1 saturated carbocycles. The van der Waals surface area contributed by atoms with E-state index in [1.807, 2.05) is 24.3 Å². The highest BCUT2D eigenvalue weighted by Crippen LogP contribution is 2.28. The summed E-state index contributed by atoms with van der Waals surface area (Å²) in [6.07, 6.45) is 8.77. The maximum absolute atomic E-state index is 13.6. The number of rotatable bonds is 15. The van der Waals surface area contributed by atoms with E-state index in [9.17, 15) is 19.2 Å². The van der Waals surface area contributed by atoms with Crippen molar-refractivity contribution in [1.82, 2.24) is 25.3 Å². The largest absolute Gasteiger partial charge is 0.346 e. The Kier molecular flexibility index (Phi) is 11.5. The maximum Gasteiger partial charge on any atom is 0.270 e. The summed E-state index contributed by atoms with van der Waals surface area (Å²) in [5.74, 6) is -0.267. The molecule has 2 atom stereocenters. The van der Waals surface area contributed by atoms with Crippen LogP contribution in [0.5, 0.6) is 0 Å². The van der Waals surface area contributed by atoms with Gasteiger partial charge in [0.05, 0.1) is 12.1 Å². The van der Waals surface area contributed by atoms with Crippen molar-refractivity contribution in [2.45, 2.75) is 96.3 Å². The molecule has 2 aromatic carbocycles. The smallest absolute Gasteiger partial charge is 0.270 e. The second-order valence-electron chi connectivity index (χ2n) is 12.9. The maximum atomic E-state index is 13.6. The van der Waals surface area contributed by atoms with Crippen molar-refractivity contribution >= 4 is 23.4 Å². The molecule has 46 heavy (non-hydrogen) atoms. The molecule has 2 amide bonds. The lowest BCUT2D eigenvalue weighted by molar-refractivity contribution is -0.127. The number of amides is 2. The fraction of sp³-hybridized carbons (Fsp3) is 0.486. The fourth-order valence-electron chi connectivity index (χ4n) is 6.84. The SMILES string of the molecule is CCC(=O)N[C@H](Cc1ccc(CC(=O)[C@@H](NC(=O)c2ccnn2C)C2CCCCC2)cc1)C(=O)CCCN1Cc2ccccc2C1. The first-order chi connectivity index (χ1) is 22.3. The summed E-state index contributed by atoms with van der Waals surface area (Å²) in [5.41, 5.74) is 4.92. The molecular formula is C37H47N5O4. The first-order valence-electron chi connectivity index (χ1n) is 16.8. The molecule has 1 fully saturated rings. The minimum atomic E-state index is -0.589. The number of nitrogens with one attached hydrogen (secondary N) is 2. The van der Waals surface area contributed by atoms with Crippen molar-refractivity contribution in [3.8, 4) is 0 Å². The number of nitrogens with zero attached hydrogens (tertiary/aromatic N) is 3. The topological polar surface area (TPSA) is 113 Å². The summed E-state index contributed by atoms with van der Waals surface area (Å²) in [6.45, 7) is 4.44. The van der Waals surface area contributed by atoms with E-state index >= 15 is 0 Å². The molecule has 1 aliphatic carbocycles. The number of ketones is 2. The number of aryl methyl sites for hydroxylation is 1. The standard InChI is InChI=1S/C37H47N5O4/c1-3-35(45)39-31(33(43)14-9-21-42-24-29-12-7-8-13-30(29)25-42)22-26-15-17-27(18-16-26)23-34(44)36(28-10-5-4-6-11-28)40-37(46)32-19-20-38-41(32)2/h7-8,12-13,15-20,28,31,36H,3-6,9-11,14,21-25H2,1-2H3,(H,39,45)(H,40,46)/t31-,36+/m1/s1. The van der Waals surface area contributed by atoms with Crippen LogP contribution in [0.1, 0.15) is 91.0 Å². The molecule has 2 heterocycles. The molecule has 1 aliphatic heterocycles. The van der Waals surface area contributed by atoms with E-state index in [1.165, 1.54) is 15.8 Å². The zero-order chi connectivity index (χ0) is 32.5. The fourth-order valence-corrected chi connectivity index (χ4v) is 6.84. The van der Waals surface area contributed by atoms with Crippen LogP contribution < -0.4 is 10.6 Å². The molecule has 9 heteroatoms. The van der Waals surface area contributed by atoms with Crippen LogP contribution in [0.2, 0.25) is 0 Å². The summed E-state index contributed by atoms with van der Waals surface area (Å²) in [7, 11) is 1.72. The van der Waals surface area contributed by atoms with Crippen LogP contribution in [0, 0.1) is 5.92 Å². The molecule has 244 valence electrons. The van der Waals surface area contributed by atoms with Gasteiger partial charge < -0.3 is 10.6 Å². The van der Waals surface area contributed by atoms with Crippen molar-refractivity contribution in [3.05, 3.63) is 88.7 Å². The van der Waals surface area contributed by atoms with Gasteiger partial charge in [-0.25, -0.2) is 0 Å². The van der Waals surface area contributed by atoms with Crippen molar-refractivity contribution in [2.24, 2.45) is 13.0 Å². The lowest BCUT2D eigenvalue weighted by atomic mass is 9.81. The van der Waals surface area contributed by atoms with E-state index < -0.39 is 12.1 Å². The number of hydrogen-bond acceptors (Lipinski definition) is 6. The third-order valence-electron chi connectivity index (χ3n) is 9.50. The van der Waals surface area contributed by atoms with Gasteiger partial charge in [-0.1, -0.05) is 74.7 Å². The summed E-state index contributed by atoms with van der Waals surface area (Å²) in [5, 5.41) is 10.1. The van der Waals surface area contributed by atoms with E-state index in [1.54, 1.807) is 26.2 Å². The van der Waals surface area contributed by atoms with Crippen LogP contribution >= 0.6 is 0 Å². The first-order valence-corrected chi connectivity index (χ1v) is 16.8. The van der Waals surface area contributed by atoms with E-state index in [4.69, 9.17) is 0 Å². The minimum Gasteiger partial charge on any atom is -0.346 e. The Labute approximate surface area is 272 Å². The normalized spacial score (nSPS) is 16.4. The molecule has 0 bridgehead atoms. The van der Waals surface area contributed by atoms with Gasteiger partial charge in [0.1, 0.15) is 5.69 Å². The van der Waals surface area contributed by atoms with Crippen molar-refractivity contribution in [1.29, 1.82) is 0 Å². The third-order valence-corrected chi connectivity index (χ3v) is 9.50. The van der Waals surface area contributed by atoms with Gasteiger partial charge in [-0.2, -0.15) is 5.10 Å². The quantitative estimate of drug-likeness (QED) is 0.253. The number of carbonyl (C=O) groups is 4. The van der Waals surface area contributed by atoms with Gasteiger partial charge in [-0.05, 0) is 66.5 Å². The van der Waals surface area contributed by atoms with Crippen molar-refractivity contribution in [2.75, 3.05) is 6.54 Å². The van der Waals surface area contributed by atoms with Gasteiger partial charge in [0.25, 0.3) is 5.91 Å². The highest BCUT2D eigenvalue weighted by molar-refractivity contribution is 5.97. The molecular weight excluding hydrogens is 578 g/mol. The second-order valence-corrected chi connectivity index (χ2v) is 12.9. The van der Waals surface area contributed by atoms with Crippen LogP contribution in [-0.2, 0) is 47.4 Å². The molecule has 1 aromatic heterocycles. The van der Waals surface area contributed by atoms with Gasteiger partial charge in [0.2, 0.25) is 5.91 Å². The number of hydrogen-bond donors (Lipinski definition) is 2. The van der Waals surface area contributed by atoms with Gasteiger partial charge in [-0.3, -0.25) is 28.8 Å². The molecule has 5 rings (SSSR count). The molecule has 0 saturated heterocycles. The van der Waals surface area contributed by atoms with Crippen molar-refractivity contribution < 1.29 is 19.2 Å². The van der Waals surface area contributed by atoms with Gasteiger partial charge in [0.15, 0.2) is 11.6 Å². The molecule has 0 unspecified atom stereocenters. The highest BCUT2D eigenvalue weighted by atomic mass is 16.2. The van der Waals surface area contributed by atoms with Crippen LogP contribution in [0.25, 0.3) is 0 Å². The Bertz CT molecular complexity index is 1480. The monoisotopic (exact) mass is 625 g/mol. The van der Waals surface area contributed by atoms with Gasteiger partial charge in [0, 0.05) is 45.6 Å². The average molecular weight is 626 g/mol.